The van der Waals surface area contributed by atoms with Gasteiger partial charge in [0.15, 0.2) is 6.29 Å². The number of rotatable bonds is 7. The molecule has 2 aromatic carbocycles. The molecule has 5 heteroatoms. The number of aromatic carboxylic acids is 1. The first kappa shape index (κ1) is 18.5. The van der Waals surface area contributed by atoms with Crippen LogP contribution in [0.25, 0.3) is 11.3 Å². The van der Waals surface area contributed by atoms with E-state index in [1.54, 1.807) is 11.7 Å². The average molecular weight is 363 g/mol. The minimum atomic E-state index is -1.09. The Hall–Kier alpha value is -3.34. The van der Waals surface area contributed by atoms with Gasteiger partial charge in [0, 0.05) is 12.1 Å². The summed E-state index contributed by atoms with van der Waals surface area (Å²) in [4.78, 5) is 23.8. The SMILES string of the molecule is CCc1c(C(=O)O)c(C=O)n(Cc2ccccc2)c1-c1cccc(OC)c1. The lowest BCUT2D eigenvalue weighted by Gasteiger charge is -2.14. The van der Waals surface area contributed by atoms with E-state index in [0.29, 0.717) is 30.6 Å². The highest BCUT2D eigenvalue weighted by molar-refractivity contribution is 6.00. The minimum absolute atomic E-state index is 0.0706. The number of carbonyl (C=O) groups is 2. The number of ether oxygens (including phenoxy) is 1. The van der Waals surface area contributed by atoms with Gasteiger partial charge in [0.1, 0.15) is 5.75 Å². The van der Waals surface area contributed by atoms with Crippen molar-refractivity contribution >= 4 is 12.3 Å². The summed E-state index contributed by atoms with van der Waals surface area (Å²) in [5.41, 5.74) is 3.44. The van der Waals surface area contributed by atoms with Crippen molar-refractivity contribution in [1.82, 2.24) is 4.57 Å². The molecular weight excluding hydrogens is 342 g/mol. The Bertz CT molecular complexity index is 973. The van der Waals surface area contributed by atoms with Gasteiger partial charge >= 0.3 is 5.97 Å². The number of carbonyl (C=O) groups excluding carboxylic acids is 1. The second kappa shape index (κ2) is 7.91. The van der Waals surface area contributed by atoms with E-state index in [4.69, 9.17) is 4.74 Å². The van der Waals surface area contributed by atoms with Crippen LogP contribution in [0.4, 0.5) is 0 Å². The highest BCUT2D eigenvalue weighted by atomic mass is 16.5. The second-order valence-electron chi connectivity index (χ2n) is 6.17. The summed E-state index contributed by atoms with van der Waals surface area (Å²) < 4.78 is 7.11. The van der Waals surface area contributed by atoms with Crippen LogP contribution in [0, 0.1) is 0 Å². The third-order valence-electron chi connectivity index (χ3n) is 4.61. The summed E-state index contributed by atoms with van der Waals surface area (Å²) in [6.45, 7) is 2.30. The molecule has 0 saturated carbocycles. The highest BCUT2D eigenvalue weighted by Crippen LogP contribution is 2.34. The van der Waals surface area contributed by atoms with E-state index in [9.17, 15) is 14.7 Å². The molecule has 27 heavy (non-hydrogen) atoms. The van der Waals surface area contributed by atoms with Gasteiger partial charge in [0.05, 0.1) is 24.1 Å². The van der Waals surface area contributed by atoms with Crippen molar-refractivity contribution in [2.75, 3.05) is 7.11 Å². The molecular formula is C22H21NO4. The van der Waals surface area contributed by atoms with Crippen molar-refractivity contribution in [1.29, 1.82) is 0 Å². The molecule has 0 spiro atoms. The van der Waals surface area contributed by atoms with E-state index in [0.717, 1.165) is 16.8 Å². The second-order valence-corrected chi connectivity index (χ2v) is 6.17. The smallest absolute Gasteiger partial charge is 0.338 e. The zero-order valence-electron chi connectivity index (χ0n) is 15.3. The van der Waals surface area contributed by atoms with Crippen LogP contribution in [-0.4, -0.2) is 29.0 Å². The van der Waals surface area contributed by atoms with Crippen LogP contribution < -0.4 is 4.74 Å². The van der Waals surface area contributed by atoms with Crippen molar-refractivity contribution in [3.8, 4) is 17.0 Å². The molecule has 138 valence electrons. The topological polar surface area (TPSA) is 68.5 Å². The van der Waals surface area contributed by atoms with Crippen molar-refractivity contribution in [3.63, 3.8) is 0 Å². The maximum atomic E-state index is 11.9. The van der Waals surface area contributed by atoms with Gasteiger partial charge in [-0.25, -0.2) is 4.79 Å². The van der Waals surface area contributed by atoms with Gasteiger partial charge in [-0.2, -0.15) is 0 Å². The number of methoxy groups -OCH3 is 1. The first-order valence-corrected chi connectivity index (χ1v) is 8.72. The summed E-state index contributed by atoms with van der Waals surface area (Å²) in [5, 5.41) is 9.76. The van der Waals surface area contributed by atoms with E-state index in [2.05, 4.69) is 0 Å². The van der Waals surface area contributed by atoms with Gasteiger partial charge in [-0.15, -0.1) is 0 Å². The molecule has 3 aromatic rings. The maximum absolute atomic E-state index is 11.9. The lowest BCUT2D eigenvalue weighted by Crippen LogP contribution is -2.08. The normalized spacial score (nSPS) is 10.6. The van der Waals surface area contributed by atoms with Crippen LogP contribution in [0.2, 0.25) is 0 Å². The fourth-order valence-electron chi connectivity index (χ4n) is 3.43. The zero-order chi connectivity index (χ0) is 19.4. The summed E-state index contributed by atoms with van der Waals surface area (Å²) in [7, 11) is 1.59. The van der Waals surface area contributed by atoms with E-state index >= 15 is 0 Å². The molecule has 0 atom stereocenters. The number of benzene rings is 2. The van der Waals surface area contributed by atoms with Crippen molar-refractivity contribution in [2.24, 2.45) is 0 Å². The lowest BCUT2D eigenvalue weighted by molar-refractivity contribution is 0.0692. The van der Waals surface area contributed by atoms with Crippen molar-refractivity contribution in [2.45, 2.75) is 19.9 Å². The molecule has 0 radical (unpaired) electrons. The third kappa shape index (κ3) is 3.49. The van der Waals surface area contributed by atoms with Crippen LogP contribution in [0.1, 0.15) is 38.9 Å². The van der Waals surface area contributed by atoms with Gasteiger partial charge in [0.2, 0.25) is 0 Å². The quantitative estimate of drug-likeness (QED) is 0.636. The number of nitrogens with zero attached hydrogens (tertiary/aromatic N) is 1. The van der Waals surface area contributed by atoms with Gasteiger partial charge in [-0.05, 0) is 29.7 Å². The molecule has 0 aliphatic rings. The fourth-order valence-corrected chi connectivity index (χ4v) is 3.43. The van der Waals surface area contributed by atoms with E-state index in [1.165, 1.54) is 0 Å². The monoisotopic (exact) mass is 363 g/mol. The Morgan fingerprint density at radius 3 is 2.48 bits per heavy atom. The average Bonchev–Trinajstić information content (AvgIpc) is 3.02. The molecule has 0 bridgehead atoms. The Balaban J connectivity index is 2.31. The van der Waals surface area contributed by atoms with Crippen LogP contribution in [0.5, 0.6) is 5.75 Å². The first-order valence-electron chi connectivity index (χ1n) is 8.72. The number of carboxylic acid groups (broad SMARTS) is 1. The minimum Gasteiger partial charge on any atom is -0.497 e. The highest BCUT2D eigenvalue weighted by Gasteiger charge is 2.27. The molecule has 1 heterocycles. The molecule has 3 rings (SSSR count). The first-order chi connectivity index (χ1) is 13.1. The van der Waals surface area contributed by atoms with Crippen LogP contribution in [0.3, 0.4) is 0 Å². The predicted molar refractivity (Wildman–Crippen MR) is 104 cm³/mol. The van der Waals surface area contributed by atoms with Gasteiger partial charge < -0.3 is 14.4 Å². The summed E-state index contributed by atoms with van der Waals surface area (Å²) >= 11 is 0. The standard InChI is InChI=1S/C22H21NO4/c1-3-18-20(22(25)26)19(14-24)23(13-15-8-5-4-6-9-15)21(18)16-10-7-11-17(12-16)27-2/h4-12,14H,3,13H2,1-2H3,(H,25,26). The molecule has 1 aromatic heterocycles. The molecule has 0 saturated heterocycles. The van der Waals surface area contributed by atoms with Gasteiger partial charge in [0.25, 0.3) is 0 Å². The Labute approximate surface area is 157 Å². The van der Waals surface area contributed by atoms with Gasteiger partial charge in [-0.3, -0.25) is 4.79 Å². The molecule has 0 amide bonds. The molecule has 0 fully saturated rings. The summed E-state index contributed by atoms with van der Waals surface area (Å²) in [5.74, 6) is -0.420. The molecule has 5 nitrogen and oxygen atoms in total. The third-order valence-corrected chi connectivity index (χ3v) is 4.61. The van der Waals surface area contributed by atoms with Crippen LogP contribution in [-0.2, 0) is 13.0 Å². The number of aromatic nitrogens is 1. The largest absolute Gasteiger partial charge is 0.497 e. The van der Waals surface area contributed by atoms with Crippen LogP contribution in [0.15, 0.2) is 54.6 Å². The fraction of sp³-hybridized carbons (Fsp3) is 0.182. The number of hydrogen-bond acceptors (Lipinski definition) is 3. The lowest BCUT2D eigenvalue weighted by atomic mass is 10.0. The van der Waals surface area contributed by atoms with Crippen molar-refractivity contribution < 1.29 is 19.4 Å². The molecule has 1 N–H and O–H groups in total. The van der Waals surface area contributed by atoms with Crippen LogP contribution >= 0.6 is 0 Å². The summed E-state index contributed by atoms with van der Waals surface area (Å²) in [6, 6.07) is 17.1. The van der Waals surface area contributed by atoms with E-state index in [-0.39, 0.29) is 11.3 Å². The van der Waals surface area contributed by atoms with Gasteiger partial charge in [-0.1, -0.05) is 49.4 Å². The number of aldehydes is 1. The zero-order valence-corrected chi connectivity index (χ0v) is 15.3. The Morgan fingerprint density at radius 2 is 1.89 bits per heavy atom. The number of carboxylic acids is 1. The van der Waals surface area contributed by atoms with E-state index in [1.807, 2.05) is 61.5 Å². The predicted octanol–water partition coefficient (Wildman–Crippen LogP) is 4.29. The molecule has 0 unspecified atom stereocenters. The summed E-state index contributed by atoms with van der Waals surface area (Å²) in [6.07, 6.45) is 1.13. The Kier molecular flexibility index (Phi) is 5.41. The number of hydrogen-bond donors (Lipinski definition) is 1. The molecule has 0 aliphatic carbocycles. The molecule has 0 aliphatic heterocycles. The maximum Gasteiger partial charge on any atom is 0.338 e. The van der Waals surface area contributed by atoms with E-state index < -0.39 is 5.97 Å². The van der Waals surface area contributed by atoms with Crippen molar-refractivity contribution in [3.05, 3.63) is 77.0 Å². The Morgan fingerprint density at radius 1 is 1.15 bits per heavy atom.